The molecule has 0 amide bonds. The van der Waals surface area contributed by atoms with Gasteiger partial charge in [-0.15, -0.1) is 0 Å². The lowest BCUT2D eigenvalue weighted by Crippen LogP contribution is -2.40. The van der Waals surface area contributed by atoms with Crippen LogP contribution in [-0.4, -0.2) is 54.3 Å². The minimum Gasteiger partial charge on any atom is -0.379 e. The Balaban J connectivity index is 1.65. The number of anilines is 1. The fourth-order valence-corrected chi connectivity index (χ4v) is 3.92. The summed E-state index contributed by atoms with van der Waals surface area (Å²) >= 11 is 17.9. The van der Waals surface area contributed by atoms with Crippen LogP contribution in [0.1, 0.15) is 12.0 Å². The summed E-state index contributed by atoms with van der Waals surface area (Å²) in [7, 11) is 0. The molecule has 1 aliphatic rings. The van der Waals surface area contributed by atoms with Gasteiger partial charge in [0, 0.05) is 37.7 Å². The van der Waals surface area contributed by atoms with Gasteiger partial charge in [0.05, 0.1) is 23.9 Å². The number of rotatable bonds is 7. The highest BCUT2D eigenvalue weighted by Gasteiger charge is 2.15. The van der Waals surface area contributed by atoms with E-state index in [0.29, 0.717) is 27.4 Å². The van der Waals surface area contributed by atoms with Gasteiger partial charge in [-0.25, -0.2) is 4.39 Å². The summed E-state index contributed by atoms with van der Waals surface area (Å²) in [6.45, 7) is 5.68. The van der Waals surface area contributed by atoms with Crippen molar-refractivity contribution in [3.63, 3.8) is 0 Å². The summed E-state index contributed by atoms with van der Waals surface area (Å²) in [6, 6.07) is 11.8. The van der Waals surface area contributed by atoms with Gasteiger partial charge in [0.25, 0.3) is 0 Å². The number of hydrogen-bond donors (Lipinski definition) is 1. The van der Waals surface area contributed by atoms with Gasteiger partial charge in [0.1, 0.15) is 5.82 Å². The van der Waals surface area contributed by atoms with E-state index in [1.807, 2.05) is 11.0 Å². The Labute approximate surface area is 186 Å². The highest BCUT2D eigenvalue weighted by Crippen LogP contribution is 2.26. The van der Waals surface area contributed by atoms with Crippen LogP contribution in [0.2, 0.25) is 10.0 Å². The molecule has 2 aromatic carbocycles. The number of ether oxygens (including phenoxy) is 1. The zero-order valence-electron chi connectivity index (χ0n) is 16.0. The molecule has 4 nitrogen and oxygen atoms in total. The van der Waals surface area contributed by atoms with Gasteiger partial charge in [-0.05, 0) is 54.5 Å². The SMILES string of the molecule is Fc1cccc(CN(CCCN2CCOCC2)C(=S)Nc2ccc(Cl)cc2Cl)c1. The summed E-state index contributed by atoms with van der Waals surface area (Å²) < 4.78 is 19.0. The quantitative estimate of drug-likeness (QED) is 0.589. The first-order valence-electron chi connectivity index (χ1n) is 9.57. The van der Waals surface area contributed by atoms with E-state index in [0.717, 1.165) is 51.4 Å². The van der Waals surface area contributed by atoms with Crippen molar-refractivity contribution >= 4 is 46.2 Å². The predicted molar refractivity (Wildman–Crippen MR) is 121 cm³/mol. The summed E-state index contributed by atoms with van der Waals surface area (Å²) in [5.41, 5.74) is 1.56. The summed E-state index contributed by atoms with van der Waals surface area (Å²) in [5, 5.41) is 4.80. The van der Waals surface area contributed by atoms with Crippen LogP contribution < -0.4 is 5.32 Å². The minimum absolute atomic E-state index is 0.254. The molecule has 0 radical (unpaired) electrons. The van der Waals surface area contributed by atoms with Crippen molar-refractivity contribution in [3.8, 4) is 0 Å². The average molecular weight is 456 g/mol. The predicted octanol–water partition coefficient (Wildman–Crippen LogP) is 5.05. The lowest BCUT2D eigenvalue weighted by molar-refractivity contribution is 0.0368. The second kappa shape index (κ2) is 11.1. The van der Waals surface area contributed by atoms with Crippen molar-refractivity contribution < 1.29 is 9.13 Å². The van der Waals surface area contributed by atoms with Gasteiger partial charge in [0.2, 0.25) is 0 Å². The molecule has 1 N–H and O–H groups in total. The maximum atomic E-state index is 13.6. The van der Waals surface area contributed by atoms with Crippen molar-refractivity contribution in [1.82, 2.24) is 9.80 Å². The number of hydrogen-bond acceptors (Lipinski definition) is 3. The normalized spacial score (nSPS) is 14.6. The molecule has 0 aromatic heterocycles. The molecule has 1 fully saturated rings. The lowest BCUT2D eigenvalue weighted by Gasteiger charge is -2.30. The van der Waals surface area contributed by atoms with E-state index >= 15 is 0 Å². The van der Waals surface area contributed by atoms with Gasteiger partial charge in [0.15, 0.2) is 5.11 Å². The fourth-order valence-electron chi connectivity index (χ4n) is 3.20. The van der Waals surface area contributed by atoms with E-state index < -0.39 is 0 Å². The highest BCUT2D eigenvalue weighted by atomic mass is 35.5. The van der Waals surface area contributed by atoms with Gasteiger partial charge in [-0.2, -0.15) is 0 Å². The topological polar surface area (TPSA) is 27.7 Å². The van der Waals surface area contributed by atoms with Crippen molar-refractivity contribution in [2.24, 2.45) is 0 Å². The molecule has 3 rings (SSSR count). The number of morpholine rings is 1. The molecule has 29 heavy (non-hydrogen) atoms. The number of nitrogens with zero attached hydrogens (tertiary/aromatic N) is 2. The van der Waals surface area contributed by atoms with Crippen LogP contribution in [-0.2, 0) is 11.3 Å². The minimum atomic E-state index is -0.254. The van der Waals surface area contributed by atoms with Gasteiger partial charge in [-0.1, -0.05) is 35.3 Å². The molecule has 1 aliphatic heterocycles. The third-order valence-corrected chi connectivity index (χ3v) is 5.64. The second-order valence-corrected chi connectivity index (χ2v) is 8.14. The Morgan fingerprint density at radius 2 is 1.97 bits per heavy atom. The molecule has 0 bridgehead atoms. The molecule has 0 aliphatic carbocycles. The Bertz CT molecular complexity index is 833. The smallest absolute Gasteiger partial charge is 0.173 e. The van der Waals surface area contributed by atoms with Crippen molar-refractivity contribution in [1.29, 1.82) is 0 Å². The second-order valence-electron chi connectivity index (χ2n) is 6.91. The molecular weight excluding hydrogens is 432 g/mol. The van der Waals surface area contributed by atoms with Crippen LogP contribution in [0.25, 0.3) is 0 Å². The maximum Gasteiger partial charge on any atom is 0.173 e. The summed E-state index contributed by atoms with van der Waals surface area (Å²) in [4.78, 5) is 4.42. The van der Waals surface area contributed by atoms with Crippen molar-refractivity contribution in [3.05, 3.63) is 63.9 Å². The van der Waals surface area contributed by atoms with E-state index in [9.17, 15) is 4.39 Å². The van der Waals surface area contributed by atoms with Gasteiger partial charge >= 0.3 is 0 Å². The van der Waals surface area contributed by atoms with E-state index in [1.54, 1.807) is 24.3 Å². The molecule has 0 spiro atoms. The van der Waals surface area contributed by atoms with E-state index in [4.69, 9.17) is 40.2 Å². The average Bonchev–Trinajstić information content (AvgIpc) is 2.70. The Morgan fingerprint density at radius 1 is 1.17 bits per heavy atom. The zero-order chi connectivity index (χ0) is 20.6. The summed E-state index contributed by atoms with van der Waals surface area (Å²) in [6.07, 6.45) is 0.936. The molecule has 0 saturated carbocycles. The fraction of sp³-hybridized carbons (Fsp3) is 0.381. The van der Waals surface area contributed by atoms with E-state index in [-0.39, 0.29) is 5.82 Å². The molecule has 1 saturated heterocycles. The molecule has 1 heterocycles. The number of thiocarbonyl (C=S) groups is 1. The van der Waals surface area contributed by atoms with Crippen LogP contribution in [0.4, 0.5) is 10.1 Å². The van der Waals surface area contributed by atoms with Gasteiger partial charge in [-0.3, -0.25) is 4.90 Å². The standard InChI is InChI=1S/C21H24Cl2FN3OS/c22-17-5-6-20(19(23)14-17)25-21(29)27(15-16-3-1-4-18(24)13-16)8-2-7-26-9-11-28-12-10-26/h1,3-6,13-14H,2,7-12,15H2,(H,25,29). The Hall–Kier alpha value is -1.44. The first-order valence-corrected chi connectivity index (χ1v) is 10.7. The highest BCUT2D eigenvalue weighted by molar-refractivity contribution is 7.80. The monoisotopic (exact) mass is 455 g/mol. The Morgan fingerprint density at radius 3 is 2.69 bits per heavy atom. The van der Waals surface area contributed by atoms with Crippen LogP contribution in [0.15, 0.2) is 42.5 Å². The molecule has 8 heteroatoms. The maximum absolute atomic E-state index is 13.6. The molecular formula is C21H24Cl2FN3OS. The third-order valence-electron chi connectivity index (χ3n) is 4.73. The lowest BCUT2D eigenvalue weighted by atomic mass is 10.2. The largest absolute Gasteiger partial charge is 0.379 e. The zero-order valence-corrected chi connectivity index (χ0v) is 18.4. The van der Waals surface area contributed by atoms with Crippen LogP contribution in [0.5, 0.6) is 0 Å². The molecule has 2 aromatic rings. The third kappa shape index (κ3) is 7.08. The molecule has 0 unspecified atom stereocenters. The first-order chi connectivity index (χ1) is 14.0. The van der Waals surface area contributed by atoms with Gasteiger partial charge < -0.3 is 15.0 Å². The van der Waals surface area contributed by atoms with E-state index in [1.165, 1.54) is 12.1 Å². The van der Waals surface area contributed by atoms with Crippen molar-refractivity contribution in [2.75, 3.05) is 44.7 Å². The van der Waals surface area contributed by atoms with Crippen LogP contribution in [0, 0.1) is 5.82 Å². The molecule has 0 atom stereocenters. The van der Waals surface area contributed by atoms with Crippen LogP contribution in [0.3, 0.4) is 0 Å². The summed E-state index contributed by atoms with van der Waals surface area (Å²) in [5.74, 6) is -0.254. The number of halogens is 3. The Kier molecular flexibility index (Phi) is 8.51. The van der Waals surface area contributed by atoms with E-state index in [2.05, 4.69) is 10.2 Å². The number of nitrogens with one attached hydrogen (secondary N) is 1. The van der Waals surface area contributed by atoms with Crippen molar-refractivity contribution in [2.45, 2.75) is 13.0 Å². The first kappa shape index (κ1) is 22.2. The molecule has 156 valence electrons. The number of benzene rings is 2. The van der Waals surface area contributed by atoms with Crippen LogP contribution >= 0.6 is 35.4 Å².